The molecule has 1 aromatic rings. The molecule has 2 aliphatic rings. The number of benzene rings is 1. The summed E-state index contributed by atoms with van der Waals surface area (Å²) in [5.41, 5.74) is -0.488. The Morgan fingerprint density at radius 3 is 2.56 bits per heavy atom. The molecule has 4 amide bonds. The number of carbonyl (C=O) groups is 3. The van der Waals surface area contributed by atoms with Crippen molar-refractivity contribution in [2.24, 2.45) is 5.41 Å². The predicted octanol–water partition coefficient (Wildman–Crippen LogP) is 1.65. The second-order valence-electron chi connectivity index (χ2n) is 4.46. The van der Waals surface area contributed by atoms with Crippen LogP contribution < -0.4 is 10.2 Å². The minimum absolute atomic E-state index is 0.404. The van der Waals surface area contributed by atoms with E-state index in [2.05, 4.69) is 27.9 Å². The topological polar surface area (TPSA) is 66.5 Å². The van der Waals surface area contributed by atoms with Gasteiger partial charge in [-0.1, -0.05) is 6.07 Å². The Morgan fingerprint density at radius 1 is 1.22 bits per heavy atom. The average molecular weight is 356 g/mol. The summed E-state index contributed by atoms with van der Waals surface area (Å²) < 4.78 is 0.924. The van der Waals surface area contributed by atoms with Crippen molar-refractivity contribution in [3.05, 3.63) is 27.8 Å². The Bertz CT molecular complexity index is 580. The highest BCUT2D eigenvalue weighted by Crippen LogP contribution is 2.49. The molecule has 0 atom stereocenters. The fourth-order valence-electron chi connectivity index (χ4n) is 2.09. The summed E-state index contributed by atoms with van der Waals surface area (Å²) in [4.78, 5) is 36.8. The van der Waals surface area contributed by atoms with Gasteiger partial charge in [-0.05, 0) is 53.6 Å². The normalized spacial score (nSPS) is 21.2. The number of nitrogens with one attached hydrogen (secondary N) is 1. The number of rotatable bonds is 1. The lowest BCUT2D eigenvalue weighted by molar-refractivity contribution is -0.136. The number of hydrogen-bond acceptors (Lipinski definition) is 3. The van der Waals surface area contributed by atoms with E-state index in [-0.39, 0.29) is 0 Å². The molecule has 2 fully saturated rings. The lowest BCUT2D eigenvalue weighted by Gasteiger charge is -2.30. The quantitative estimate of drug-likeness (QED) is 0.615. The van der Waals surface area contributed by atoms with Crippen LogP contribution in [0.15, 0.2) is 24.3 Å². The van der Waals surface area contributed by atoms with Gasteiger partial charge in [0.15, 0.2) is 0 Å². The molecule has 18 heavy (non-hydrogen) atoms. The van der Waals surface area contributed by atoms with Gasteiger partial charge in [-0.15, -0.1) is 0 Å². The van der Waals surface area contributed by atoms with E-state index in [1.165, 1.54) is 0 Å². The van der Waals surface area contributed by atoms with E-state index in [1.54, 1.807) is 18.2 Å². The number of carbonyl (C=O) groups excluding carboxylic acids is 3. The van der Waals surface area contributed by atoms with Crippen LogP contribution in [0, 0.1) is 8.99 Å². The number of nitrogens with zero attached hydrogens (tertiary/aromatic N) is 1. The number of imide groups is 2. The van der Waals surface area contributed by atoms with Crippen LogP contribution in [-0.2, 0) is 9.59 Å². The molecule has 0 unspecified atom stereocenters. The Morgan fingerprint density at radius 2 is 1.94 bits per heavy atom. The molecule has 3 rings (SSSR count). The zero-order chi connectivity index (χ0) is 12.9. The number of anilines is 1. The second-order valence-corrected chi connectivity index (χ2v) is 5.71. The first-order chi connectivity index (χ1) is 8.54. The van der Waals surface area contributed by atoms with E-state index in [1.807, 2.05) is 6.07 Å². The highest BCUT2D eigenvalue weighted by atomic mass is 127. The molecule has 5 nitrogen and oxygen atoms in total. The van der Waals surface area contributed by atoms with Gasteiger partial charge in [-0.25, -0.2) is 9.69 Å². The molecule has 1 N–H and O–H groups in total. The number of barbiturate groups is 1. The Labute approximate surface area is 117 Å². The third-order valence-corrected chi connectivity index (χ3v) is 3.96. The lowest BCUT2D eigenvalue weighted by Crippen LogP contribution is -2.59. The average Bonchev–Trinajstić information content (AvgIpc) is 3.08. The van der Waals surface area contributed by atoms with E-state index in [9.17, 15) is 14.4 Å². The summed E-state index contributed by atoms with van der Waals surface area (Å²) in [6, 6.07) is 6.40. The summed E-state index contributed by atoms with van der Waals surface area (Å²) in [5.74, 6) is -0.863. The fraction of sp³-hybridized carbons (Fsp3) is 0.250. The number of urea groups is 1. The van der Waals surface area contributed by atoms with E-state index in [0.717, 1.165) is 8.47 Å². The molecule has 1 saturated heterocycles. The van der Waals surface area contributed by atoms with Crippen LogP contribution in [0.3, 0.4) is 0 Å². The van der Waals surface area contributed by atoms with E-state index in [4.69, 9.17) is 0 Å². The highest BCUT2D eigenvalue weighted by molar-refractivity contribution is 14.1. The summed E-state index contributed by atoms with van der Waals surface area (Å²) in [7, 11) is 0. The van der Waals surface area contributed by atoms with Crippen molar-refractivity contribution in [2.45, 2.75) is 12.8 Å². The number of amides is 4. The van der Waals surface area contributed by atoms with Gasteiger partial charge in [0, 0.05) is 3.57 Å². The summed E-state index contributed by atoms with van der Waals surface area (Å²) in [6.07, 6.45) is 1.04. The van der Waals surface area contributed by atoms with Gasteiger partial charge in [0.05, 0.1) is 5.69 Å². The second kappa shape index (κ2) is 3.78. The van der Waals surface area contributed by atoms with Gasteiger partial charge < -0.3 is 0 Å². The van der Waals surface area contributed by atoms with Crippen molar-refractivity contribution in [1.29, 1.82) is 0 Å². The van der Waals surface area contributed by atoms with E-state index >= 15 is 0 Å². The molecule has 0 bridgehead atoms. The third kappa shape index (κ3) is 1.55. The van der Waals surface area contributed by atoms with Gasteiger partial charge in [-0.3, -0.25) is 14.9 Å². The first kappa shape index (κ1) is 11.6. The van der Waals surface area contributed by atoms with Crippen LogP contribution >= 0.6 is 22.6 Å². The maximum Gasteiger partial charge on any atom is 0.335 e. The molecule has 1 aromatic carbocycles. The van der Waals surface area contributed by atoms with Crippen LogP contribution in [0.2, 0.25) is 0 Å². The van der Waals surface area contributed by atoms with E-state index in [0.29, 0.717) is 18.5 Å². The molecular formula is C12H9IN2O3. The minimum Gasteiger partial charge on any atom is -0.276 e. The number of hydrogen-bond donors (Lipinski definition) is 1. The van der Waals surface area contributed by atoms with Crippen molar-refractivity contribution in [1.82, 2.24) is 5.32 Å². The SMILES string of the molecule is O=C1NC(=O)C2(CC2)C(=O)N1c1cccc(I)c1. The maximum absolute atomic E-state index is 12.3. The van der Waals surface area contributed by atoms with Crippen molar-refractivity contribution in [3.8, 4) is 0 Å². The minimum atomic E-state index is -0.991. The smallest absolute Gasteiger partial charge is 0.276 e. The molecule has 6 heteroatoms. The molecule has 1 heterocycles. The fourth-order valence-corrected chi connectivity index (χ4v) is 2.62. The monoisotopic (exact) mass is 356 g/mol. The van der Waals surface area contributed by atoms with Gasteiger partial charge in [0.1, 0.15) is 5.41 Å². The zero-order valence-electron chi connectivity index (χ0n) is 9.27. The van der Waals surface area contributed by atoms with E-state index < -0.39 is 23.3 Å². The first-order valence-corrected chi connectivity index (χ1v) is 6.58. The van der Waals surface area contributed by atoms with Crippen molar-refractivity contribution < 1.29 is 14.4 Å². The van der Waals surface area contributed by atoms with Gasteiger partial charge in [0.25, 0.3) is 5.91 Å². The molecule has 0 aromatic heterocycles. The Balaban J connectivity index is 2.03. The molecule has 1 saturated carbocycles. The zero-order valence-corrected chi connectivity index (χ0v) is 11.4. The largest absolute Gasteiger partial charge is 0.335 e. The molecular weight excluding hydrogens is 347 g/mol. The molecule has 1 spiro atoms. The lowest BCUT2D eigenvalue weighted by atomic mass is 10.0. The van der Waals surface area contributed by atoms with Gasteiger partial charge in [0.2, 0.25) is 5.91 Å². The maximum atomic E-state index is 12.3. The summed E-state index contributed by atoms with van der Waals surface area (Å²) in [5, 5.41) is 2.26. The van der Waals surface area contributed by atoms with Crippen LogP contribution in [0.5, 0.6) is 0 Å². The number of halogens is 1. The Hall–Kier alpha value is -1.44. The first-order valence-electron chi connectivity index (χ1n) is 5.50. The third-order valence-electron chi connectivity index (χ3n) is 3.29. The highest BCUT2D eigenvalue weighted by Gasteiger charge is 2.62. The predicted molar refractivity (Wildman–Crippen MR) is 71.9 cm³/mol. The van der Waals surface area contributed by atoms with Crippen LogP contribution in [-0.4, -0.2) is 17.8 Å². The van der Waals surface area contributed by atoms with Crippen LogP contribution in [0.1, 0.15) is 12.8 Å². The van der Waals surface area contributed by atoms with Crippen molar-refractivity contribution in [3.63, 3.8) is 0 Å². The van der Waals surface area contributed by atoms with Crippen molar-refractivity contribution >= 4 is 46.1 Å². The standard InChI is InChI=1S/C12H9IN2O3/c13-7-2-1-3-8(6-7)15-10(17)12(4-5-12)9(16)14-11(15)18/h1-3,6H,4-5H2,(H,14,16,18). The summed E-state index contributed by atoms with van der Waals surface area (Å²) >= 11 is 2.11. The molecule has 0 radical (unpaired) electrons. The van der Waals surface area contributed by atoms with Crippen LogP contribution in [0.4, 0.5) is 10.5 Å². The molecule has 92 valence electrons. The Kier molecular flexibility index (Phi) is 2.44. The molecule has 1 aliphatic heterocycles. The van der Waals surface area contributed by atoms with Crippen LogP contribution in [0.25, 0.3) is 0 Å². The van der Waals surface area contributed by atoms with Crippen molar-refractivity contribution in [2.75, 3.05) is 4.90 Å². The molecule has 1 aliphatic carbocycles. The van der Waals surface area contributed by atoms with Gasteiger partial charge >= 0.3 is 6.03 Å². The summed E-state index contributed by atoms with van der Waals surface area (Å²) in [6.45, 7) is 0. The van der Waals surface area contributed by atoms with Gasteiger partial charge in [-0.2, -0.15) is 0 Å².